The lowest BCUT2D eigenvalue weighted by Gasteiger charge is -2.15. The first-order chi connectivity index (χ1) is 13.8. The van der Waals surface area contributed by atoms with E-state index in [1.54, 1.807) is 12.1 Å². The molecule has 0 spiro atoms. The van der Waals surface area contributed by atoms with Gasteiger partial charge in [0.2, 0.25) is 11.4 Å². The minimum atomic E-state index is -0.830. The van der Waals surface area contributed by atoms with Gasteiger partial charge in [-0.1, -0.05) is 18.2 Å². The Balaban J connectivity index is 0.00000320. The van der Waals surface area contributed by atoms with Gasteiger partial charge in [0.05, 0.1) is 19.6 Å². The van der Waals surface area contributed by atoms with Crippen LogP contribution in [0, 0.1) is 0 Å². The number of fused-ring (bicyclic) bond motifs is 1. The first kappa shape index (κ1) is 23.5. The number of aliphatic carboxylic acids is 1. The summed E-state index contributed by atoms with van der Waals surface area (Å²) in [5, 5.41) is 19.3. The second-order valence-electron chi connectivity index (χ2n) is 7.43. The molecule has 0 atom stereocenters. The normalized spacial score (nSPS) is 14.4. The van der Waals surface area contributed by atoms with Crippen molar-refractivity contribution in [2.45, 2.75) is 25.7 Å². The van der Waals surface area contributed by atoms with E-state index >= 15 is 0 Å². The monoisotopic (exact) mass is 475 g/mol. The number of benzene rings is 2. The summed E-state index contributed by atoms with van der Waals surface area (Å²) in [6, 6.07) is 11.5. The lowest BCUT2D eigenvalue weighted by atomic mass is 9.81. The maximum absolute atomic E-state index is 11.2. The summed E-state index contributed by atoms with van der Waals surface area (Å²) in [7, 11) is 2.97. The van der Waals surface area contributed by atoms with Gasteiger partial charge in [0.25, 0.3) is 0 Å². The molecule has 0 amide bonds. The number of ether oxygens (including phenoxy) is 2. The van der Waals surface area contributed by atoms with E-state index in [2.05, 4.69) is 24.5 Å². The van der Waals surface area contributed by atoms with Crippen molar-refractivity contribution in [2.75, 3.05) is 20.8 Å². The molecule has 2 aromatic carbocycles. The molecule has 1 heterocycles. The molecule has 2 aromatic rings. The fraction of sp³-hybridized carbons (Fsp3) is 0.304. The lowest BCUT2D eigenvalue weighted by Crippen LogP contribution is -3.00. The highest BCUT2D eigenvalue weighted by molar-refractivity contribution is 6.05. The number of halogens is 1. The van der Waals surface area contributed by atoms with Crippen molar-refractivity contribution in [2.24, 2.45) is 0 Å². The van der Waals surface area contributed by atoms with Crippen molar-refractivity contribution in [1.82, 2.24) is 0 Å². The van der Waals surface area contributed by atoms with Crippen molar-refractivity contribution in [3.8, 4) is 17.2 Å². The zero-order chi connectivity index (χ0) is 21.2. The molecule has 0 saturated carbocycles. The highest BCUT2D eigenvalue weighted by Crippen LogP contribution is 2.41. The standard InChI is InChI=1S/C23H25NO5.BrH/c1-23(2)16-7-5-6-8-17(16)24(12-11-21(25)26)20(23)10-9-15-13-18(28-3)22(27)19(14-15)29-4;/h5-10,13-14H,11-12H2,1-4H3,(H,25,26);1H. The van der Waals surface area contributed by atoms with Crippen molar-refractivity contribution in [1.29, 1.82) is 0 Å². The Kier molecular flexibility index (Phi) is 7.31. The molecule has 6 nitrogen and oxygen atoms in total. The number of carboxylic acid groups (broad SMARTS) is 1. The van der Waals surface area contributed by atoms with Crippen LogP contribution in [0.4, 0.5) is 5.69 Å². The number of rotatable bonds is 7. The minimum absolute atomic E-state index is 0. The van der Waals surface area contributed by atoms with Crippen molar-refractivity contribution < 1.29 is 46.0 Å². The number of nitrogens with zero attached hydrogens (tertiary/aromatic N) is 1. The first-order valence-electron chi connectivity index (χ1n) is 9.39. The van der Waals surface area contributed by atoms with Gasteiger partial charge in [-0.3, -0.25) is 4.79 Å². The van der Waals surface area contributed by atoms with Crippen molar-refractivity contribution in [3.63, 3.8) is 0 Å². The van der Waals surface area contributed by atoms with Crippen LogP contribution in [0.2, 0.25) is 0 Å². The summed E-state index contributed by atoms with van der Waals surface area (Å²) < 4.78 is 12.5. The first-order valence-corrected chi connectivity index (χ1v) is 9.39. The molecule has 1 aliphatic heterocycles. The van der Waals surface area contributed by atoms with Gasteiger partial charge in [0, 0.05) is 17.7 Å². The van der Waals surface area contributed by atoms with Gasteiger partial charge in [-0.05, 0) is 37.6 Å². The van der Waals surface area contributed by atoms with Gasteiger partial charge in [0.15, 0.2) is 23.8 Å². The number of carbonyl (C=O) groups is 1. The fourth-order valence-electron chi connectivity index (χ4n) is 3.77. The molecule has 3 rings (SSSR count). The number of hydrogen-bond acceptors (Lipinski definition) is 4. The van der Waals surface area contributed by atoms with Crippen molar-refractivity contribution >= 4 is 23.4 Å². The number of aromatic hydroxyl groups is 1. The van der Waals surface area contributed by atoms with Gasteiger partial charge < -0.3 is 36.7 Å². The molecule has 7 heteroatoms. The highest BCUT2D eigenvalue weighted by atomic mass is 79.9. The molecule has 0 bridgehead atoms. The third kappa shape index (κ3) is 4.36. The highest BCUT2D eigenvalue weighted by Gasteiger charge is 2.44. The zero-order valence-electron chi connectivity index (χ0n) is 17.5. The zero-order valence-corrected chi connectivity index (χ0v) is 19.1. The van der Waals surface area contributed by atoms with Crippen LogP contribution in [-0.4, -0.2) is 47.2 Å². The Morgan fingerprint density at radius 2 is 1.70 bits per heavy atom. The van der Waals surface area contributed by atoms with E-state index in [1.165, 1.54) is 14.2 Å². The van der Waals surface area contributed by atoms with Gasteiger partial charge in [-0.15, -0.1) is 0 Å². The van der Waals surface area contributed by atoms with Crippen LogP contribution >= 0.6 is 0 Å². The van der Waals surface area contributed by atoms with Gasteiger partial charge in [-0.2, -0.15) is 4.58 Å². The molecule has 2 N–H and O–H groups in total. The van der Waals surface area contributed by atoms with Crippen LogP contribution in [0.25, 0.3) is 6.08 Å². The summed E-state index contributed by atoms with van der Waals surface area (Å²) in [5.41, 5.74) is 3.71. The summed E-state index contributed by atoms with van der Waals surface area (Å²) in [6.45, 7) is 4.65. The topological polar surface area (TPSA) is 79.0 Å². The smallest absolute Gasteiger partial charge is 0.309 e. The van der Waals surface area contributed by atoms with Gasteiger partial charge in [0.1, 0.15) is 6.42 Å². The average Bonchev–Trinajstić information content (AvgIpc) is 2.92. The van der Waals surface area contributed by atoms with E-state index in [1.807, 2.05) is 30.4 Å². The Hall–Kier alpha value is -2.80. The summed E-state index contributed by atoms with van der Waals surface area (Å²) >= 11 is 0. The van der Waals surface area contributed by atoms with Crippen LogP contribution in [0.1, 0.15) is 31.4 Å². The molecule has 0 aromatic heterocycles. The number of methoxy groups -OCH3 is 2. The summed E-state index contributed by atoms with van der Waals surface area (Å²) in [6.07, 6.45) is 3.96. The SMILES string of the molecule is COc1cc(/C=C/C2=[N+](CCC(=O)O)c3ccccc3C2(C)C)cc(OC)c1O.[Br-]. The van der Waals surface area contributed by atoms with E-state index in [0.29, 0.717) is 18.0 Å². The van der Waals surface area contributed by atoms with Crippen LogP contribution < -0.4 is 26.5 Å². The number of para-hydroxylation sites is 1. The molecule has 0 saturated heterocycles. The van der Waals surface area contributed by atoms with Crippen LogP contribution in [-0.2, 0) is 10.2 Å². The molecular formula is C23H26BrNO5. The number of phenols is 1. The second-order valence-corrected chi connectivity index (χ2v) is 7.43. The maximum atomic E-state index is 11.2. The molecule has 160 valence electrons. The fourth-order valence-corrected chi connectivity index (χ4v) is 3.77. The van der Waals surface area contributed by atoms with E-state index < -0.39 is 5.97 Å². The maximum Gasteiger partial charge on any atom is 0.309 e. The summed E-state index contributed by atoms with van der Waals surface area (Å²) in [5.74, 6) is -0.226. The van der Waals surface area contributed by atoms with Gasteiger partial charge >= 0.3 is 5.97 Å². The van der Waals surface area contributed by atoms with Crippen LogP contribution in [0.5, 0.6) is 17.2 Å². The molecule has 1 aliphatic rings. The Labute approximate surface area is 186 Å². The number of hydrogen-bond donors (Lipinski definition) is 2. The predicted molar refractivity (Wildman–Crippen MR) is 112 cm³/mol. The minimum Gasteiger partial charge on any atom is -1.00 e. The third-order valence-electron chi connectivity index (χ3n) is 5.28. The molecule has 0 unspecified atom stereocenters. The van der Waals surface area contributed by atoms with E-state index in [0.717, 1.165) is 22.5 Å². The Morgan fingerprint density at radius 3 is 2.27 bits per heavy atom. The number of carboxylic acids is 1. The Morgan fingerprint density at radius 1 is 1.10 bits per heavy atom. The summed E-state index contributed by atoms with van der Waals surface area (Å²) in [4.78, 5) is 11.2. The van der Waals surface area contributed by atoms with Crippen LogP contribution in [0.15, 0.2) is 42.5 Å². The number of phenolic OH excluding ortho intramolecular Hbond substituents is 1. The molecule has 30 heavy (non-hydrogen) atoms. The second kappa shape index (κ2) is 9.34. The Bertz CT molecular complexity index is 985. The molecule has 0 radical (unpaired) electrons. The predicted octanol–water partition coefficient (Wildman–Crippen LogP) is 0.978. The largest absolute Gasteiger partial charge is 1.00 e. The molecular weight excluding hydrogens is 450 g/mol. The van der Waals surface area contributed by atoms with E-state index in [-0.39, 0.29) is 34.6 Å². The lowest BCUT2D eigenvalue weighted by molar-refractivity contribution is -0.436. The van der Waals surface area contributed by atoms with Crippen LogP contribution in [0.3, 0.4) is 0 Å². The third-order valence-corrected chi connectivity index (χ3v) is 5.28. The quantitative estimate of drug-likeness (QED) is 0.583. The molecule has 0 aliphatic carbocycles. The van der Waals surface area contributed by atoms with E-state index in [4.69, 9.17) is 9.47 Å². The number of allylic oxidation sites excluding steroid dienone is 1. The average molecular weight is 476 g/mol. The van der Waals surface area contributed by atoms with Gasteiger partial charge in [-0.25, -0.2) is 0 Å². The van der Waals surface area contributed by atoms with E-state index in [9.17, 15) is 15.0 Å². The van der Waals surface area contributed by atoms with Crippen molar-refractivity contribution in [3.05, 3.63) is 53.6 Å². The molecule has 0 fully saturated rings.